The number of para-hydroxylation sites is 1. The maximum Gasteiger partial charge on any atom is 0.243 e. The van der Waals surface area contributed by atoms with Crippen LogP contribution in [0.15, 0.2) is 133 Å². The molecule has 0 aromatic heterocycles. The predicted molar refractivity (Wildman–Crippen MR) is 212 cm³/mol. The number of ether oxygens (including phenoxy) is 2. The minimum absolute atomic E-state index is 0.0813. The first kappa shape index (κ1) is 39.4. The summed E-state index contributed by atoms with van der Waals surface area (Å²) in [6, 6.07) is 38.6. The SMILES string of the molecule is CC(C)(C)[Si](C)(C)O[C@H](CCC(C(=O)c1ccc(OCc2ccccc2)cc1OCc1ccccc1)S(=O)(=O)Nc1ccccc1)c1ccc(F)cc1. The Balaban J connectivity index is 1.51. The molecule has 278 valence electrons. The first-order valence-corrected chi connectivity index (χ1v) is 22.2. The molecule has 0 radical (unpaired) electrons. The van der Waals surface area contributed by atoms with Crippen molar-refractivity contribution in [2.24, 2.45) is 0 Å². The molecule has 7 nitrogen and oxygen atoms in total. The molecule has 53 heavy (non-hydrogen) atoms. The van der Waals surface area contributed by atoms with Gasteiger partial charge in [-0.1, -0.05) is 112 Å². The minimum Gasteiger partial charge on any atom is -0.489 e. The Morgan fingerprint density at radius 1 is 0.736 bits per heavy atom. The molecule has 0 saturated heterocycles. The van der Waals surface area contributed by atoms with Crippen LogP contribution in [0, 0.1) is 5.82 Å². The number of sulfonamides is 1. The average Bonchev–Trinajstić information content (AvgIpc) is 3.13. The zero-order chi connectivity index (χ0) is 38.1. The fourth-order valence-corrected chi connectivity index (χ4v) is 8.32. The van der Waals surface area contributed by atoms with Crippen LogP contribution in [-0.2, 0) is 27.7 Å². The van der Waals surface area contributed by atoms with Crippen molar-refractivity contribution in [3.05, 3.63) is 162 Å². The van der Waals surface area contributed by atoms with E-state index in [9.17, 15) is 17.6 Å². The Morgan fingerprint density at radius 2 is 1.28 bits per heavy atom. The lowest BCUT2D eigenvalue weighted by Crippen LogP contribution is -2.42. The number of hydrogen-bond donors (Lipinski definition) is 1. The van der Waals surface area contributed by atoms with Crippen molar-refractivity contribution in [2.75, 3.05) is 4.72 Å². The first-order chi connectivity index (χ1) is 25.2. The van der Waals surface area contributed by atoms with Gasteiger partial charge in [0.2, 0.25) is 10.0 Å². The summed E-state index contributed by atoms with van der Waals surface area (Å²) in [6.45, 7) is 11.0. The molecule has 2 atom stereocenters. The zero-order valence-corrected chi connectivity index (χ0v) is 32.7. The van der Waals surface area contributed by atoms with Gasteiger partial charge >= 0.3 is 0 Å². The van der Waals surface area contributed by atoms with E-state index in [0.717, 1.165) is 11.1 Å². The number of nitrogens with one attached hydrogen (secondary N) is 1. The van der Waals surface area contributed by atoms with E-state index in [4.69, 9.17) is 13.9 Å². The van der Waals surface area contributed by atoms with Crippen molar-refractivity contribution in [2.45, 2.75) is 76.3 Å². The molecular formula is C43H48FNO6SSi. The van der Waals surface area contributed by atoms with Gasteiger partial charge in [-0.25, -0.2) is 12.8 Å². The van der Waals surface area contributed by atoms with Crippen molar-refractivity contribution < 1.29 is 31.5 Å². The third kappa shape index (κ3) is 10.9. The molecule has 5 aromatic carbocycles. The Kier molecular flexibility index (Phi) is 12.9. The highest BCUT2D eigenvalue weighted by molar-refractivity contribution is 7.94. The van der Waals surface area contributed by atoms with Crippen LogP contribution in [0.4, 0.5) is 10.1 Å². The van der Waals surface area contributed by atoms with E-state index in [1.54, 1.807) is 60.7 Å². The summed E-state index contributed by atoms with van der Waals surface area (Å²) in [6.07, 6.45) is -0.480. The second-order valence-electron chi connectivity index (χ2n) is 14.6. The summed E-state index contributed by atoms with van der Waals surface area (Å²) in [5.74, 6) is -0.343. The van der Waals surface area contributed by atoms with Crippen LogP contribution in [0.1, 0.15) is 66.8 Å². The monoisotopic (exact) mass is 753 g/mol. The van der Waals surface area contributed by atoms with Crippen LogP contribution in [0.3, 0.4) is 0 Å². The smallest absolute Gasteiger partial charge is 0.243 e. The van der Waals surface area contributed by atoms with Crippen LogP contribution in [0.5, 0.6) is 11.5 Å². The molecule has 5 aromatic rings. The lowest BCUT2D eigenvalue weighted by atomic mass is 9.99. The lowest BCUT2D eigenvalue weighted by Gasteiger charge is -2.39. The van der Waals surface area contributed by atoms with E-state index in [1.807, 2.05) is 60.7 Å². The van der Waals surface area contributed by atoms with Gasteiger partial charge in [0.25, 0.3) is 0 Å². The molecule has 1 unspecified atom stereocenters. The van der Waals surface area contributed by atoms with Crippen LogP contribution in [0.25, 0.3) is 0 Å². The van der Waals surface area contributed by atoms with Gasteiger partial charge in [-0.05, 0) is 84.1 Å². The van der Waals surface area contributed by atoms with E-state index in [-0.39, 0.29) is 41.6 Å². The number of ketones is 1. The third-order valence-corrected chi connectivity index (χ3v) is 15.8. The summed E-state index contributed by atoms with van der Waals surface area (Å²) in [4.78, 5) is 14.7. The summed E-state index contributed by atoms with van der Waals surface area (Å²) in [7, 11) is -6.71. The van der Waals surface area contributed by atoms with E-state index >= 15 is 0 Å². The van der Waals surface area contributed by atoms with Gasteiger partial charge in [-0.2, -0.15) is 0 Å². The Morgan fingerprint density at radius 3 is 1.85 bits per heavy atom. The Bertz CT molecular complexity index is 2040. The number of Topliss-reactive ketones (excluding diaryl/α,β-unsaturated/α-hetero) is 1. The summed E-state index contributed by atoms with van der Waals surface area (Å²) in [5.41, 5.74) is 3.00. The van der Waals surface area contributed by atoms with Crippen molar-refractivity contribution in [1.29, 1.82) is 0 Å². The van der Waals surface area contributed by atoms with E-state index in [2.05, 4.69) is 38.6 Å². The molecule has 0 saturated carbocycles. The normalized spacial score (nSPS) is 13.2. The predicted octanol–water partition coefficient (Wildman–Crippen LogP) is 10.5. The van der Waals surface area contributed by atoms with Gasteiger partial charge in [-0.15, -0.1) is 0 Å². The highest BCUT2D eigenvalue weighted by Gasteiger charge is 2.41. The standard InChI is InChI=1S/C43H48FNO6SSi/c1-43(2,3)53(4,5)51-39(34-21-23-35(44)24-22-34)27-28-41(52(47,48)45-36-19-13-8-14-20-36)42(46)38-26-25-37(49-30-32-15-9-6-10-16-32)29-40(38)50-31-33-17-11-7-12-18-33/h6-26,29,39,41,45H,27-28,30-31H2,1-5H3/t39-,41?/m1/s1. The summed E-state index contributed by atoms with van der Waals surface area (Å²) in [5, 5.41) is -1.68. The van der Waals surface area contributed by atoms with E-state index < -0.39 is 35.5 Å². The third-order valence-electron chi connectivity index (χ3n) is 9.58. The van der Waals surface area contributed by atoms with Crippen molar-refractivity contribution in [1.82, 2.24) is 0 Å². The minimum atomic E-state index is -4.31. The molecule has 0 heterocycles. The topological polar surface area (TPSA) is 90.9 Å². The zero-order valence-electron chi connectivity index (χ0n) is 30.9. The lowest BCUT2D eigenvalue weighted by molar-refractivity contribution is 0.0970. The van der Waals surface area contributed by atoms with Crippen LogP contribution in [0.2, 0.25) is 18.1 Å². The maximum atomic E-state index is 14.7. The Hall–Kier alpha value is -4.77. The number of halogens is 1. The Labute approximate surface area is 314 Å². The molecule has 0 aliphatic rings. The van der Waals surface area contributed by atoms with Crippen LogP contribution < -0.4 is 14.2 Å². The van der Waals surface area contributed by atoms with Gasteiger partial charge in [0, 0.05) is 11.8 Å². The van der Waals surface area contributed by atoms with Gasteiger partial charge in [0.05, 0.1) is 11.7 Å². The average molecular weight is 754 g/mol. The first-order valence-electron chi connectivity index (χ1n) is 17.7. The number of anilines is 1. The molecule has 5 rings (SSSR count). The molecule has 0 spiro atoms. The van der Waals surface area contributed by atoms with Crippen LogP contribution >= 0.6 is 0 Å². The van der Waals surface area contributed by atoms with Gasteiger partial charge in [0.15, 0.2) is 14.1 Å². The highest BCUT2D eigenvalue weighted by atomic mass is 32.2. The second kappa shape index (κ2) is 17.4. The van der Waals surface area contributed by atoms with Gasteiger partial charge < -0.3 is 13.9 Å². The second-order valence-corrected chi connectivity index (χ2v) is 21.2. The van der Waals surface area contributed by atoms with Gasteiger partial charge in [-0.3, -0.25) is 9.52 Å². The largest absolute Gasteiger partial charge is 0.489 e. The van der Waals surface area contributed by atoms with E-state index in [1.165, 1.54) is 12.1 Å². The molecule has 10 heteroatoms. The highest BCUT2D eigenvalue weighted by Crippen LogP contribution is 2.41. The molecule has 0 amide bonds. The fourth-order valence-electron chi connectivity index (χ4n) is 5.54. The van der Waals surface area contributed by atoms with Crippen molar-refractivity contribution >= 4 is 29.8 Å². The molecule has 0 aliphatic carbocycles. The van der Waals surface area contributed by atoms with Crippen molar-refractivity contribution in [3.63, 3.8) is 0 Å². The quantitative estimate of drug-likeness (QED) is 0.0751. The van der Waals surface area contributed by atoms with Crippen molar-refractivity contribution in [3.8, 4) is 11.5 Å². The number of hydrogen-bond acceptors (Lipinski definition) is 6. The maximum absolute atomic E-state index is 14.7. The van der Waals surface area contributed by atoms with E-state index in [0.29, 0.717) is 23.6 Å². The number of benzene rings is 5. The molecule has 0 fully saturated rings. The summed E-state index contributed by atoms with van der Waals surface area (Å²) < 4.78 is 64.4. The van der Waals surface area contributed by atoms with Crippen LogP contribution in [-0.4, -0.2) is 27.8 Å². The summed E-state index contributed by atoms with van der Waals surface area (Å²) >= 11 is 0. The fraction of sp³-hybridized carbons (Fsp3) is 0.279. The number of rotatable bonds is 17. The molecule has 1 N–H and O–H groups in total. The molecule has 0 bridgehead atoms. The number of carbonyl (C=O) groups excluding carboxylic acids is 1. The number of carbonyl (C=O) groups is 1. The van der Waals surface area contributed by atoms with Gasteiger partial charge in [0.1, 0.15) is 35.8 Å². The molecular weight excluding hydrogens is 706 g/mol. The molecule has 0 aliphatic heterocycles.